The van der Waals surface area contributed by atoms with E-state index >= 15 is 0 Å². The fraction of sp³-hybridized carbons (Fsp3) is 0.545. The number of nitrogens with zero attached hydrogens (tertiary/aromatic N) is 1. The first-order chi connectivity index (χ1) is 7.72. The molecule has 88 valence electrons. The average molecular weight is 240 g/mol. The van der Waals surface area contributed by atoms with Crippen LogP contribution >= 0.6 is 11.3 Å². The van der Waals surface area contributed by atoms with Crippen molar-refractivity contribution in [2.24, 2.45) is 0 Å². The molecule has 1 saturated heterocycles. The van der Waals surface area contributed by atoms with Gasteiger partial charge in [0.15, 0.2) is 0 Å². The van der Waals surface area contributed by atoms with Gasteiger partial charge in [0.1, 0.15) is 4.88 Å². The molecule has 16 heavy (non-hydrogen) atoms. The molecule has 1 fully saturated rings. The van der Waals surface area contributed by atoms with Gasteiger partial charge in [-0.3, -0.25) is 0 Å². The molecule has 0 saturated carbocycles. The Morgan fingerprint density at radius 1 is 1.56 bits per heavy atom. The van der Waals surface area contributed by atoms with E-state index in [9.17, 15) is 4.79 Å². The maximum atomic E-state index is 11.6. The van der Waals surface area contributed by atoms with E-state index in [1.165, 1.54) is 24.2 Å². The first kappa shape index (κ1) is 11.3. The summed E-state index contributed by atoms with van der Waals surface area (Å²) in [4.78, 5) is 14.4. The molecule has 2 heterocycles. The third-order valence-corrected chi connectivity index (χ3v) is 3.82. The summed E-state index contributed by atoms with van der Waals surface area (Å²) in [6, 6.07) is 1.88. The molecule has 2 rings (SSSR count). The molecule has 1 aliphatic heterocycles. The van der Waals surface area contributed by atoms with E-state index in [-0.39, 0.29) is 5.97 Å². The highest BCUT2D eigenvalue weighted by atomic mass is 32.1. The molecule has 0 aromatic carbocycles. The Kier molecular flexibility index (Phi) is 3.33. The smallest absolute Gasteiger partial charge is 0.350 e. The molecule has 0 spiro atoms. The standard InChI is InChI=1S/C11H16N2O2S/c1-2-15-11(14)10-8(12)7-9(16-10)13-5-3-4-6-13/h7H,2-6,12H2,1H3. The van der Waals surface area contributed by atoms with Gasteiger partial charge in [0.2, 0.25) is 0 Å². The second-order valence-corrected chi connectivity index (χ2v) is 4.81. The minimum atomic E-state index is -0.310. The summed E-state index contributed by atoms with van der Waals surface area (Å²) in [5.41, 5.74) is 6.36. The Labute approximate surface area is 99.0 Å². The van der Waals surface area contributed by atoms with Gasteiger partial charge in [0, 0.05) is 13.1 Å². The molecule has 0 radical (unpaired) electrons. The number of carbonyl (C=O) groups excluding carboxylic acids is 1. The topological polar surface area (TPSA) is 55.6 Å². The van der Waals surface area contributed by atoms with Crippen molar-refractivity contribution in [2.45, 2.75) is 19.8 Å². The molecule has 0 unspecified atom stereocenters. The van der Waals surface area contributed by atoms with Crippen LogP contribution in [0.5, 0.6) is 0 Å². The quantitative estimate of drug-likeness (QED) is 0.822. The Morgan fingerprint density at radius 3 is 2.88 bits per heavy atom. The van der Waals surface area contributed by atoms with E-state index in [2.05, 4.69) is 4.90 Å². The number of anilines is 2. The summed E-state index contributed by atoms with van der Waals surface area (Å²) in [5, 5.41) is 1.08. The summed E-state index contributed by atoms with van der Waals surface area (Å²) in [6.45, 7) is 4.29. The number of nitrogens with two attached hydrogens (primary N) is 1. The molecular formula is C11H16N2O2S. The lowest BCUT2D eigenvalue weighted by Crippen LogP contribution is -2.15. The van der Waals surface area contributed by atoms with Gasteiger partial charge < -0.3 is 15.4 Å². The van der Waals surface area contributed by atoms with Gasteiger partial charge in [-0.05, 0) is 25.8 Å². The third kappa shape index (κ3) is 2.14. The second-order valence-electron chi connectivity index (χ2n) is 3.78. The van der Waals surface area contributed by atoms with Crippen LogP contribution in [0.2, 0.25) is 0 Å². The molecular weight excluding hydrogens is 224 g/mol. The van der Waals surface area contributed by atoms with Crippen LogP contribution in [0.25, 0.3) is 0 Å². The zero-order chi connectivity index (χ0) is 11.5. The summed E-state index contributed by atoms with van der Waals surface area (Å²) in [5.74, 6) is -0.310. The molecule has 0 amide bonds. The maximum Gasteiger partial charge on any atom is 0.350 e. The van der Waals surface area contributed by atoms with Gasteiger partial charge in [-0.2, -0.15) is 0 Å². The Bertz CT molecular complexity index is 383. The van der Waals surface area contributed by atoms with Gasteiger partial charge in [-0.1, -0.05) is 0 Å². The Hall–Kier alpha value is -1.23. The molecule has 0 atom stereocenters. The lowest BCUT2D eigenvalue weighted by Gasteiger charge is -2.13. The Balaban J connectivity index is 2.17. The highest BCUT2D eigenvalue weighted by Gasteiger charge is 2.20. The first-order valence-corrected chi connectivity index (χ1v) is 6.35. The van der Waals surface area contributed by atoms with Gasteiger partial charge in [0.05, 0.1) is 17.3 Å². The number of nitrogen functional groups attached to an aromatic ring is 1. The highest BCUT2D eigenvalue weighted by molar-refractivity contribution is 7.18. The van der Waals surface area contributed by atoms with Crippen molar-refractivity contribution in [2.75, 3.05) is 30.3 Å². The van der Waals surface area contributed by atoms with Crippen molar-refractivity contribution < 1.29 is 9.53 Å². The van der Waals surface area contributed by atoms with Crippen LogP contribution in [0.4, 0.5) is 10.7 Å². The van der Waals surface area contributed by atoms with Crippen LogP contribution in [-0.4, -0.2) is 25.7 Å². The average Bonchev–Trinajstić information content (AvgIpc) is 2.86. The minimum absolute atomic E-state index is 0.310. The second kappa shape index (κ2) is 4.74. The van der Waals surface area contributed by atoms with Crippen LogP contribution in [0, 0.1) is 0 Å². The Morgan fingerprint density at radius 2 is 2.25 bits per heavy atom. The van der Waals surface area contributed by atoms with Crippen molar-refractivity contribution in [3.05, 3.63) is 10.9 Å². The van der Waals surface area contributed by atoms with E-state index in [4.69, 9.17) is 10.5 Å². The van der Waals surface area contributed by atoms with Crippen molar-refractivity contribution in [1.82, 2.24) is 0 Å². The van der Waals surface area contributed by atoms with Crippen LogP contribution in [-0.2, 0) is 4.74 Å². The summed E-state index contributed by atoms with van der Waals surface area (Å²) < 4.78 is 4.96. The SMILES string of the molecule is CCOC(=O)c1sc(N2CCCC2)cc1N. The number of thiophene rings is 1. The maximum absolute atomic E-state index is 11.6. The normalized spacial score (nSPS) is 15.4. The number of carbonyl (C=O) groups is 1. The van der Waals surface area contributed by atoms with Gasteiger partial charge in [-0.15, -0.1) is 11.3 Å². The zero-order valence-corrected chi connectivity index (χ0v) is 10.2. The van der Waals surface area contributed by atoms with E-state index in [1.54, 1.807) is 6.92 Å². The fourth-order valence-corrected chi connectivity index (χ4v) is 2.87. The van der Waals surface area contributed by atoms with Crippen molar-refractivity contribution in [1.29, 1.82) is 0 Å². The van der Waals surface area contributed by atoms with Crippen LogP contribution in [0.15, 0.2) is 6.07 Å². The summed E-state index contributed by atoms with van der Waals surface area (Å²) in [7, 11) is 0. The number of ether oxygens (including phenoxy) is 1. The van der Waals surface area contributed by atoms with Crippen molar-refractivity contribution >= 4 is 28.0 Å². The van der Waals surface area contributed by atoms with Gasteiger partial charge >= 0.3 is 5.97 Å². The monoisotopic (exact) mass is 240 g/mol. The van der Waals surface area contributed by atoms with E-state index in [0.717, 1.165) is 18.1 Å². The fourth-order valence-electron chi connectivity index (χ4n) is 1.84. The molecule has 0 bridgehead atoms. The molecule has 1 aromatic heterocycles. The number of esters is 1. The molecule has 4 nitrogen and oxygen atoms in total. The zero-order valence-electron chi connectivity index (χ0n) is 9.36. The molecule has 1 aliphatic rings. The summed E-state index contributed by atoms with van der Waals surface area (Å²) >= 11 is 1.43. The van der Waals surface area contributed by atoms with Crippen LogP contribution in [0.1, 0.15) is 29.4 Å². The lowest BCUT2D eigenvalue weighted by atomic mass is 10.4. The summed E-state index contributed by atoms with van der Waals surface area (Å²) in [6.07, 6.45) is 2.43. The molecule has 0 aliphatic carbocycles. The van der Waals surface area contributed by atoms with Gasteiger partial charge in [0.25, 0.3) is 0 Å². The number of hydrogen-bond donors (Lipinski definition) is 1. The van der Waals surface area contributed by atoms with Crippen LogP contribution in [0.3, 0.4) is 0 Å². The highest BCUT2D eigenvalue weighted by Crippen LogP contribution is 2.34. The predicted octanol–water partition coefficient (Wildman–Crippen LogP) is 2.11. The molecule has 1 aromatic rings. The van der Waals surface area contributed by atoms with E-state index in [1.807, 2.05) is 6.07 Å². The van der Waals surface area contributed by atoms with E-state index in [0.29, 0.717) is 17.2 Å². The first-order valence-electron chi connectivity index (χ1n) is 5.53. The lowest BCUT2D eigenvalue weighted by molar-refractivity contribution is 0.0533. The minimum Gasteiger partial charge on any atom is -0.462 e. The largest absolute Gasteiger partial charge is 0.462 e. The predicted molar refractivity (Wildman–Crippen MR) is 66.1 cm³/mol. The number of hydrogen-bond acceptors (Lipinski definition) is 5. The third-order valence-electron chi connectivity index (χ3n) is 2.63. The van der Waals surface area contributed by atoms with Gasteiger partial charge in [-0.25, -0.2) is 4.79 Å². The van der Waals surface area contributed by atoms with Crippen LogP contribution < -0.4 is 10.6 Å². The van der Waals surface area contributed by atoms with Crippen molar-refractivity contribution in [3.8, 4) is 0 Å². The molecule has 5 heteroatoms. The van der Waals surface area contributed by atoms with Crippen molar-refractivity contribution in [3.63, 3.8) is 0 Å². The van der Waals surface area contributed by atoms with E-state index < -0.39 is 0 Å². The number of rotatable bonds is 3. The molecule has 2 N–H and O–H groups in total.